The van der Waals surface area contributed by atoms with Crippen LogP contribution in [0, 0.1) is 0 Å². The van der Waals surface area contributed by atoms with E-state index in [1.165, 1.54) is 11.1 Å². The maximum absolute atomic E-state index is 8.63. The Bertz CT molecular complexity index is 152. The van der Waals surface area contributed by atoms with Gasteiger partial charge >= 0.3 is 0 Å². The van der Waals surface area contributed by atoms with Crippen LogP contribution in [-0.2, 0) is 0 Å². The Kier molecular flexibility index (Phi) is 26.7. The summed E-state index contributed by atoms with van der Waals surface area (Å²) < 4.78 is 0. The number of rotatable bonds is 5. The molecule has 2 heteroatoms. The van der Waals surface area contributed by atoms with Gasteiger partial charge in [0.05, 0.1) is 0 Å². The Hall–Kier alpha value is -0.210. The normalized spacial score (nSPS) is 11.0. The average Bonchev–Trinajstić information content (AvgIpc) is 2.33. The van der Waals surface area contributed by atoms with Crippen LogP contribution in [0.25, 0.3) is 0 Å². The smallest absolute Gasteiger partial charge is 0.0468 e. The van der Waals surface area contributed by atoms with Crippen molar-refractivity contribution in [3.05, 3.63) is 23.3 Å². The van der Waals surface area contributed by atoms with Crippen LogP contribution < -0.4 is 0 Å². The van der Waals surface area contributed by atoms with Gasteiger partial charge in [0.15, 0.2) is 0 Å². The van der Waals surface area contributed by atoms with Gasteiger partial charge in [0.1, 0.15) is 0 Å². The minimum atomic E-state index is 0.238. The molecule has 0 rings (SSSR count). The summed E-state index contributed by atoms with van der Waals surface area (Å²) >= 11 is 4.14. The quantitative estimate of drug-likeness (QED) is 0.535. The molecule has 0 radical (unpaired) electrons. The number of allylic oxidation sites excluding steroid dienone is 3. The fourth-order valence-electron chi connectivity index (χ4n) is 0.804. The van der Waals surface area contributed by atoms with E-state index < -0.39 is 0 Å². The van der Waals surface area contributed by atoms with Gasteiger partial charge in [0, 0.05) is 6.61 Å². The van der Waals surface area contributed by atoms with E-state index in [1.54, 1.807) is 0 Å². The van der Waals surface area contributed by atoms with Gasteiger partial charge in [-0.05, 0) is 32.4 Å². The van der Waals surface area contributed by atoms with Gasteiger partial charge in [0.25, 0.3) is 0 Å². The van der Waals surface area contributed by atoms with Crippen LogP contribution in [0.2, 0.25) is 0 Å². The zero-order valence-electron chi connectivity index (χ0n) is 11.9. The zero-order valence-corrected chi connectivity index (χ0v) is 12.8. The van der Waals surface area contributed by atoms with E-state index in [0.717, 1.165) is 18.6 Å². The first-order valence-corrected chi connectivity index (χ1v) is 6.88. The largest absolute Gasteiger partial charge is 0.396 e. The van der Waals surface area contributed by atoms with Crippen molar-refractivity contribution in [2.45, 2.75) is 54.4 Å². The summed E-state index contributed by atoms with van der Waals surface area (Å²) in [4.78, 5) is 0. The topological polar surface area (TPSA) is 20.2 Å². The number of aliphatic hydroxyl groups excluding tert-OH is 1. The van der Waals surface area contributed by atoms with Gasteiger partial charge in [0.2, 0.25) is 0 Å². The van der Waals surface area contributed by atoms with Crippen molar-refractivity contribution in [1.82, 2.24) is 0 Å². The molecule has 0 spiro atoms. The molecule has 0 bridgehead atoms. The number of aliphatic hydroxyl groups is 1. The van der Waals surface area contributed by atoms with E-state index in [0.29, 0.717) is 0 Å². The summed E-state index contributed by atoms with van der Waals surface area (Å²) in [5.74, 6) is 0.898. The van der Waals surface area contributed by atoms with Crippen molar-refractivity contribution in [2.24, 2.45) is 0 Å². The molecule has 0 saturated heterocycles. The second kappa shape index (κ2) is 20.2. The maximum atomic E-state index is 8.63. The number of thiol groups is 1. The Balaban J connectivity index is -0.000000376. The Morgan fingerprint density at radius 1 is 0.938 bits per heavy atom. The maximum Gasteiger partial charge on any atom is 0.0468 e. The Morgan fingerprint density at radius 3 is 1.62 bits per heavy atom. The Morgan fingerprint density at radius 2 is 1.31 bits per heavy atom. The van der Waals surface area contributed by atoms with Gasteiger partial charge in [-0.3, -0.25) is 0 Å². The SMILES string of the molecule is C/C(=C\C=C(/C)CCS)CCO.CC.CC. The second-order valence-corrected chi connectivity index (χ2v) is 3.42. The summed E-state index contributed by atoms with van der Waals surface area (Å²) in [6, 6.07) is 0. The van der Waals surface area contributed by atoms with Crippen molar-refractivity contribution >= 4 is 12.6 Å². The molecule has 0 unspecified atom stereocenters. The highest BCUT2D eigenvalue weighted by Crippen LogP contribution is 2.04. The highest BCUT2D eigenvalue weighted by molar-refractivity contribution is 7.80. The molecule has 0 aliphatic heterocycles. The van der Waals surface area contributed by atoms with Gasteiger partial charge < -0.3 is 5.11 Å². The zero-order chi connectivity index (χ0) is 13.4. The molecule has 0 heterocycles. The molecule has 0 aromatic carbocycles. The highest BCUT2D eigenvalue weighted by Gasteiger charge is 1.87. The standard InChI is InChI=1S/C10H18OS.2C2H6/c1-9(5-7-11)3-4-10(2)6-8-12;2*1-2/h3-4,11-12H,5-8H2,1-2H3;2*1-2H3/b9-3+,10-4+;;. The molecule has 1 N–H and O–H groups in total. The predicted octanol–water partition coefficient (Wildman–Crippen LogP) is 4.63. The lowest BCUT2D eigenvalue weighted by Gasteiger charge is -1.96. The predicted molar refractivity (Wildman–Crippen MR) is 80.4 cm³/mol. The first kappa shape index (κ1) is 21.1. The van der Waals surface area contributed by atoms with Crippen LogP contribution in [0.1, 0.15) is 54.4 Å². The molecule has 0 aliphatic carbocycles. The van der Waals surface area contributed by atoms with Crippen molar-refractivity contribution < 1.29 is 5.11 Å². The van der Waals surface area contributed by atoms with Crippen LogP contribution in [0.3, 0.4) is 0 Å². The third kappa shape index (κ3) is 19.4. The van der Waals surface area contributed by atoms with E-state index >= 15 is 0 Å². The van der Waals surface area contributed by atoms with Gasteiger partial charge in [-0.2, -0.15) is 12.6 Å². The molecule has 0 fully saturated rings. The molecule has 0 aliphatic rings. The monoisotopic (exact) mass is 246 g/mol. The molecule has 0 aromatic heterocycles. The molecule has 1 nitrogen and oxygen atoms in total. The van der Waals surface area contributed by atoms with Crippen LogP contribution in [0.15, 0.2) is 23.3 Å². The second-order valence-electron chi connectivity index (χ2n) is 2.97. The van der Waals surface area contributed by atoms with Crippen molar-refractivity contribution in [3.63, 3.8) is 0 Å². The van der Waals surface area contributed by atoms with E-state index in [9.17, 15) is 0 Å². The molecular weight excluding hydrogens is 216 g/mol. The molecule has 0 saturated carbocycles. The number of hydrogen-bond donors (Lipinski definition) is 2. The minimum Gasteiger partial charge on any atom is -0.396 e. The third-order valence-corrected chi connectivity index (χ3v) is 1.89. The molecule has 0 amide bonds. The minimum absolute atomic E-state index is 0.238. The summed E-state index contributed by atoms with van der Waals surface area (Å²) in [6.07, 6.45) is 5.97. The first-order chi connectivity index (χ1) is 7.70. The van der Waals surface area contributed by atoms with Crippen LogP contribution >= 0.6 is 12.6 Å². The Labute approximate surface area is 108 Å². The number of hydrogen-bond acceptors (Lipinski definition) is 2. The summed E-state index contributed by atoms with van der Waals surface area (Å²) in [5.41, 5.74) is 2.55. The van der Waals surface area contributed by atoms with Gasteiger partial charge in [-0.15, -0.1) is 0 Å². The van der Waals surface area contributed by atoms with Crippen LogP contribution in [0.4, 0.5) is 0 Å². The third-order valence-electron chi connectivity index (χ3n) is 1.66. The fraction of sp³-hybridized carbons (Fsp3) is 0.714. The lowest BCUT2D eigenvalue weighted by Crippen LogP contribution is -1.83. The van der Waals surface area contributed by atoms with E-state index in [1.807, 2.05) is 34.6 Å². The van der Waals surface area contributed by atoms with Crippen molar-refractivity contribution in [2.75, 3.05) is 12.4 Å². The highest BCUT2D eigenvalue weighted by atomic mass is 32.1. The van der Waals surface area contributed by atoms with Crippen molar-refractivity contribution in [1.29, 1.82) is 0 Å². The van der Waals surface area contributed by atoms with Gasteiger partial charge in [-0.1, -0.05) is 51.0 Å². The molecule has 0 aromatic rings. The molecule has 98 valence electrons. The summed E-state index contributed by atoms with van der Waals surface area (Å²) in [7, 11) is 0. The average molecular weight is 246 g/mol. The summed E-state index contributed by atoms with van der Waals surface area (Å²) in [6.45, 7) is 12.4. The summed E-state index contributed by atoms with van der Waals surface area (Å²) in [5, 5.41) is 8.63. The molecular formula is C14H30OS. The van der Waals surface area contributed by atoms with Gasteiger partial charge in [-0.25, -0.2) is 0 Å². The van der Waals surface area contributed by atoms with Crippen LogP contribution in [-0.4, -0.2) is 17.5 Å². The first-order valence-electron chi connectivity index (χ1n) is 6.25. The lowest BCUT2D eigenvalue weighted by molar-refractivity contribution is 0.299. The van der Waals surface area contributed by atoms with E-state index in [-0.39, 0.29) is 6.61 Å². The lowest BCUT2D eigenvalue weighted by atomic mass is 10.1. The van der Waals surface area contributed by atoms with Crippen LogP contribution in [0.5, 0.6) is 0 Å². The fourth-order valence-corrected chi connectivity index (χ4v) is 1.16. The molecule has 0 atom stereocenters. The van der Waals surface area contributed by atoms with E-state index in [2.05, 4.69) is 31.7 Å². The van der Waals surface area contributed by atoms with E-state index in [4.69, 9.17) is 5.11 Å². The van der Waals surface area contributed by atoms with Crippen molar-refractivity contribution in [3.8, 4) is 0 Å². The molecule has 16 heavy (non-hydrogen) atoms.